The van der Waals surface area contributed by atoms with E-state index in [9.17, 15) is 4.79 Å². The lowest BCUT2D eigenvalue weighted by atomic mass is 10.0. The van der Waals surface area contributed by atoms with Crippen LogP contribution in [0.3, 0.4) is 0 Å². The molecule has 0 saturated heterocycles. The van der Waals surface area contributed by atoms with Crippen molar-refractivity contribution >= 4 is 11.9 Å². The van der Waals surface area contributed by atoms with Gasteiger partial charge in [0.05, 0.1) is 19.8 Å². The number of carbonyl (C=O) groups is 1. The van der Waals surface area contributed by atoms with Gasteiger partial charge in [0.25, 0.3) is 0 Å². The first-order valence-electron chi connectivity index (χ1n) is 10.4. The lowest BCUT2D eigenvalue weighted by Crippen LogP contribution is -2.14. The third kappa shape index (κ3) is 4.35. The van der Waals surface area contributed by atoms with Crippen LogP contribution in [-0.2, 0) is 4.74 Å². The SMILES string of the molecule is C=Cc1c(OC)cc(-c2ccc(C(=O)C(OC)c3ccc(-c4nnc(C)o4)cc3)o2)cc1OC. The van der Waals surface area contributed by atoms with Crippen LogP contribution >= 0.6 is 0 Å². The summed E-state index contributed by atoms with van der Waals surface area (Å²) in [5.74, 6) is 2.41. The van der Waals surface area contributed by atoms with Gasteiger partial charge in [0.15, 0.2) is 5.76 Å². The number of hydrogen-bond acceptors (Lipinski definition) is 8. The van der Waals surface area contributed by atoms with E-state index in [-0.39, 0.29) is 11.5 Å². The first-order valence-corrected chi connectivity index (χ1v) is 10.4. The number of furan rings is 1. The molecule has 8 nitrogen and oxygen atoms in total. The standard InChI is InChI=1S/C26H24N2O6/c1-6-19-22(30-3)13-18(14-23(19)31-4)20-11-12-21(34-20)24(29)25(32-5)16-7-9-17(10-8-16)26-28-27-15(2)33-26/h6-14,25H,1H2,2-5H3. The van der Waals surface area contributed by atoms with Crippen LogP contribution in [-0.4, -0.2) is 37.3 Å². The average molecular weight is 460 g/mol. The molecule has 1 atom stereocenters. The molecule has 0 N–H and O–H groups in total. The van der Waals surface area contributed by atoms with E-state index in [1.807, 2.05) is 0 Å². The van der Waals surface area contributed by atoms with Crippen molar-refractivity contribution in [2.24, 2.45) is 0 Å². The molecule has 0 amide bonds. The van der Waals surface area contributed by atoms with Gasteiger partial charge in [-0.3, -0.25) is 4.79 Å². The molecule has 1 unspecified atom stereocenters. The Morgan fingerprint density at radius 2 is 1.62 bits per heavy atom. The molecule has 0 bridgehead atoms. The predicted octanol–water partition coefficient (Wildman–Crippen LogP) is 5.54. The molecule has 2 heterocycles. The molecular weight excluding hydrogens is 436 g/mol. The molecule has 8 heteroatoms. The van der Waals surface area contributed by atoms with Crippen LogP contribution in [0, 0.1) is 6.92 Å². The third-order valence-electron chi connectivity index (χ3n) is 5.34. The van der Waals surface area contributed by atoms with E-state index >= 15 is 0 Å². The number of aryl methyl sites for hydroxylation is 1. The smallest absolute Gasteiger partial charge is 0.247 e. The van der Waals surface area contributed by atoms with Gasteiger partial charge in [-0.1, -0.05) is 24.8 Å². The number of hydrogen-bond donors (Lipinski definition) is 0. The number of methoxy groups -OCH3 is 3. The van der Waals surface area contributed by atoms with E-state index in [4.69, 9.17) is 23.0 Å². The molecular formula is C26H24N2O6. The van der Waals surface area contributed by atoms with E-state index < -0.39 is 6.10 Å². The molecule has 0 saturated carbocycles. The Bertz CT molecular complexity index is 1290. The highest BCUT2D eigenvalue weighted by Crippen LogP contribution is 2.37. The molecule has 2 aromatic heterocycles. The van der Waals surface area contributed by atoms with Gasteiger partial charge in [0, 0.05) is 25.2 Å². The zero-order valence-electron chi connectivity index (χ0n) is 19.3. The normalized spacial score (nSPS) is 11.8. The Labute approximate surface area is 196 Å². The molecule has 0 radical (unpaired) electrons. The van der Waals surface area contributed by atoms with Crippen molar-refractivity contribution in [2.45, 2.75) is 13.0 Å². The monoisotopic (exact) mass is 460 g/mol. The average Bonchev–Trinajstić information content (AvgIpc) is 3.53. The Kier molecular flexibility index (Phi) is 6.60. The fourth-order valence-electron chi connectivity index (χ4n) is 3.65. The molecule has 4 aromatic rings. The minimum Gasteiger partial charge on any atom is -0.496 e. The van der Waals surface area contributed by atoms with Crippen LogP contribution in [0.2, 0.25) is 0 Å². The van der Waals surface area contributed by atoms with Crippen molar-refractivity contribution in [3.8, 4) is 34.3 Å². The van der Waals surface area contributed by atoms with Crippen LogP contribution in [0.5, 0.6) is 11.5 Å². The topological polar surface area (TPSA) is 96.8 Å². The summed E-state index contributed by atoms with van der Waals surface area (Å²) >= 11 is 0. The van der Waals surface area contributed by atoms with Gasteiger partial charge in [-0.25, -0.2) is 0 Å². The Hall–Kier alpha value is -4.17. The molecule has 0 spiro atoms. The maximum atomic E-state index is 13.2. The molecule has 0 aliphatic heterocycles. The van der Waals surface area contributed by atoms with Crippen molar-refractivity contribution in [2.75, 3.05) is 21.3 Å². The summed E-state index contributed by atoms with van der Waals surface area (Å²) in [5, 5.41) is 7.84. The summed E-state index contributed by atoms with van der Waals surface area (Å²) in [7, 11) is 4.61. The highest BCUT2D eigenvalue weighted by Gasteiger charge is 2.25. The minimum absolute atomic E-state index is 0.171. The molecule has 0 fully saturated rings. The third-order valence-corrected chi connectivity index (χ3v) is 5.34. The molecule has 2 aromatic carbocycles. The quantitative estimate of drug-likeness (QED) is 0.301. The van der Waals surface area contributed by atoms with E-state index in [1.54, 1.807) is 75.8 Å². The number of ketones is 1. The van der Waals surface area contributed by atoms with Crippen LogP contribution in [0.15, 0.2) is 63.9 Å². The second kappa shape index (κ2) is 9.76. The second-order valence-electron chi connectivity index (χ2n) is 7.39. The van der Waals surface area contributed by atoms with Gasteiger partial charge in [-0.15, -0.1) is 10.2 Å². The van der Waals surface area contributed by atoms with Gasteiger partial charge in [-0.2, -0.15) is 0 Å². The zero-order chi connectivity index (χ0) is 24.2. The number of ether oxygens (including phenoxy) is 3. The molecule has 34 heavy (non-hydrogen) atoms. The van der Waals surface area contributed by atoms with Crippen molar-refractivity contribution in [3.05, 3.63) is 77.9 Å². The van der Waals surface area contributed by atoms with Crippen molar-refractivity contribution in [3.63, 3.8) is 0 Å². The maximum absolute atomic E-state index is 13.2. The number of nitrogens with zero attached hydrogens (tertiary/aromatic N) is 2. The summed E-state index contributed by atoms with van der Waals surface area (Å²) in [4.78, 5) is 13.2. The number of rotatable bonds is 9. The first-order chi connectivity index (χ1) is 16.5. The van der Waals surface area contributed by atoms with E-state index in [0.717, 1.165) is 11.1 Å². The van der Waals surface area contributed by atoms with Gasteiger partial charge < -0.3 is 23.0 Å². The van der Waals surface area contributed by atoms with E-state index in [1.165, 1.54) is 7.11 Å². The van der Waals surface area contributed by atoms with Crippen LogP contribution in [0.25, 0.3) is 28.9 Å². The zero-order valence-corrected chi connectivity index (χ0v) is 19.3. The Morgan fingerprint density at radius 1 is 0.941 bits per heavy atom. The summed E-state index contributed by atoms with van der Waals surface area (Å²) in [5.41, 5.74) is 2.85. The predicted molar refractivity (Wildman–Crippen MR) is 126 cm³/mol. The fourth-order valence-corrected chi connectivity index (χ4v) is 3.65. The van der Waals surface area contributed by atoms with E-state index in [2.05, 4.69) is 16.8 Å². The lowest BCUT2D eigenvalue weighted by Gasteiger charge is -2.14. The fraction of sp³-hybridized carbons (Fsp3) is 0.192. The first kappa shape index (κ1) is 23.0. The summed E-state index contributed by atoms with van der Waals surface area (Å²) < 4.78 is 27.8. The maximum Gasteiger partial charge on any atom is 0.247 e. The summed E-state index contributed by atoms with van der Waals surface area (Å²) in [6.45, 7) is 5.53. The molecule has 0 aliphatic rings. The van der Waals surface area contributed by atoms with Crippen molar-refractivity contribution in [1.82, 2.24) is 10.2 Å². The highest BCUT2D eigenvalue weighted by molar-refractivity contribution is 5.98. The number of aromatic nitrogens is 2. The molecule has 4 rings (SSSR count). The molecule has 0 aliphatic carbocycles. The largest absolute Gasteiger partial charge is 0.496 e. The Balaban J connectivity index is 1.60. The van der Waals surface area contributed by atoms with Gasteiger partial charge in [-0.05, 0) is 42.0 Å². The molecule has 174 valence electrons. The van der Waals surface area contributed by atoms with Crippen LogP contribution < -0.4 is 9.47 Å². The number of benzene rings is 2. The second-order valence-corrected chi connectivity index (χ2v) is 7.39. The number of carbonyl (C=O) groups excluding carboxylic acids is 1. The van der Waals surface area contributed by atoms with Gasteiger partial charge in [0.2, 0.25) is 17.6 Å². The number of Topliss-reactive ketones (excluding diaryl/α,β-unsaturated/α-hetero) is 1. The van der Waals surface area contributed by atoms with Crippen LogP contribution in [0.4, 0.5) is 0 Å². The Morgan fingerprint density at radius 3 is 2.15 bits per heavy atom. The lowest BCUT2D eigenvalue weighted by molar-refractivity contribution is 0.0577. The summed E-state index contributed by atoms with van der Waals surface area (Å²) in [6, 6.07) is 14.1. The summed E-state index contributed by atoms with van der Waals surface area (Å²) in [6.07, 6.45) is 0.816. The van der Waals surface area contributed by atoms with Gasteiger partial charge >= 0.3 is 0 Å². The van der Waals surface area contributed by atoms with Gasteiger partial charge in [0.1, 0.15) is 23.4 Å². The van der Waals surface area contributed by atoms with Crippen LogP contribution in [0.1, 0.15) is 33.7 Å². The van der Waals surface area contributed by atoms with Crippen molar-refractivity contribution < 1.29 is 27.8 Å². The van der Waals surface area contributed by atoms with Crippen molar-refractivity contribution in [1.29, 1.82) is 0 Å². The minimum atomic E-state index is -0.843. The van der Waals surface area contributed by atoms with E-state index in [0.29, 0.717) is 40.2 Å². The highest BCUT2D eigenvalue weighted by atomic mass is 16.5.